The molecule has 0 saturated heterocycles. The van der Waals surface area contributed by atoms with Crippen LogP contribution in [0.25, 0.3) is 0 Å². The molecule has 3 aromatic carbocycles. The Labute approximate surface area is 182 Å². The molecule has 0 atom stereocenters. The van der Waals surface area contributed by atoms with E-state index in [2.05, 4.69) is 23.7 Å². The van der Waals surface area contributed by atoms with Gasteiger partial charge in [-0.05, 0) is 66.4 Å². The normalized spacial score (nSPS) is 10.1. The molecule has 0 unspecified atom stereocenters. The maximum atomic E-state index is 14.4. The summed E-state index contributed by atoms with van der Waals surface area (Å²) in [5.41, 5.74) is 3.03. The van der Waals surface area contributed by atoms with E-state index >= 15 is 0 Å². The third kappa shape index (κ3) is 6.03. The molecule has 31 heavy (non-hydrogen) atoms. The molecule has 0 saturated carbocycles. The zero-order valence-electron chi connectivity index (χ0n) is 17.7. The van der Waals surface area contributed by atoms with E-state index in [1.165, 1.54) is 18.2 Å². The molecule has 0 aliphatic carbocycles. The number of hydrogen-bond acceptors (Lipinski definition) is 0. The van der Waals surface area contributed by atoms with E-state index in [1.807, 2.05) is 13.8 Å². The maximum absolute atomic E-state index is 14.4. The summed E-state index contributed by atoms with van der Waals surface area (Å²) in [6.45, 7) is 3.99. The molecular formula is C28H23F3. The minimum atomic E-state index is -0.508. The molecule has 156 valence electrons. The van der Waals surface area contributed by atoms with Crippen LogP contribution in [0.15, 0.2) is 54.6 Å². The van der Waals surface area contributed by atoms with Gasteiger partial charge in [0.15, 0.2) is 0 Å². The molecule has 0 bridgehead atoms. The fraction of sp³-hybridized carbons (Fsp3) is 0.214. The van der Waals surface area contributed by atoms with Crippen LogP contribution in [0.3, 0.4) is 0 Å². The first kappa shape index (κ1) is 22.3. The molecule has 0 amide bonds. The van der Waals surface area contributed by atoms with E-state index in [4.69, 9.17) is 0 Å². The first-order chi connectivity index (χ1) is 15.0. The predicted molar refractivity (Wildman–Crippen MR) is 119 cm³/mol. The summed E-state index contributed by atoms with van der Waals surface area (Å²) in [6.07, 6.45) is 3.09. The van der Waals surface area contributed by atoms with Crippen molar-refractivity contribution in [2.75, 3.05) is 0 Å². The lowest BCUT2D eigenvalue weighted by Crippen LogP contribution is -1.91. The second-order valence-electron chi connectivity index (χ2n) is 7.31. The van der Waals surface area contributed by atoms with Crippen LogP contribution in [-0.4, -0.2) is 0 Å². The average Bonchev–Trinajstić information content (AvgIpc) is 2.75. The predicted octanol–water partition coefficient (Wildman–Crippen LogP) is 6.81. The van der Waals surface area contributed by atoms with Gasteiger partial charge in [0.25, 0.3) is 0 Å². The van der Waals surface area contributed by atoms with Crippen molar-refractivity contribution in [1.82, 2.24) is 0 Å². The van der Waals surface area contributed by atoms with Gasteiger partial charge in [-0.1, -0.05) is 62.5 Å². The molecule has 3 heteroatoms. The quantitative estimate of drug-likeness (QED) is 0.410. The van der Waals surface area contributed by atoms with Crippen molar-refractivity contribution in [2.24, 2.45) is 0 Å². The van der Waals surface area contributed by atoms with Crippen molar-refractivity contribution in [2.45, 2.75) is 39.5 Å². The number of hydrogen-bond donors (Lipinski definition) is 0. The second kappa shape index (κ2) is 10.6. The Kier molecular flexibility index (Phi) is 7.58. The topological polar surface area (TPSA) is 0 Å². The summed E-state index contributed by atoms with van der Waals surface area (Å²) in [6, 6.07) is 14.2. The lowest BCUT2D eigenvalue weighted by Gasteiger charge is -2.01. The molecule has 0 radical (unpaired) electrons. The van der Waals surface area contributed by atoms with Gasteiger partial charge in [0.05, 0.1) is 5.56 Å². The highest BCUT2D eigenvalue weighted by atomic mass is 19.1. The molecule has 0 heterocycles. The lowest BCUT2D eigenvalue weighted by atomic mass is 10.1. The Balaban J connectivity index is 1.76. The van der Waals surface area contributed by atoms with E-state index < -0.39 is 5.82 Å². The lowest BCUT2D eigenvalue weighted by molar-refractivity contribution is 0.606. The van der Waals surface area contributed by atoms with Crippen LogP contribution in [-0.2, 0) is 12.8 Å². The van der Waals surface area contributed by atoms with E-state index in [9.17, 15) is 13.2 Å². The summed E-state index contributed by atoms with van der Waals surface area (Å²) in [5, 5.41) is 0. The van der Waals surface area contributed by atoms with Gasteiger partial charge >= 0.3 is 0 Å². The number of rotatable bonds is 4. The van der Waals surface area contributed by atoms with Crippen molar-refractivity contribution in [3.05, 3.63) is 105 Å². The van der Waals surface area contributed by atoms with E-state index in [0.717, 1.165) is 12.8 Å². The number of benzene rings is 3. The van der Waals surface area contributed by atoms with Crippen LogP contribution in [0, 0.1) is 41.1 Å². The summed E-state index contributed by atoms with van der Waals surface area (Å²) in [5.74, 6) is 10.2. The fourth-order valence-electron chi connectivity index (χ4n) is 3.17. The number of aryl methyl sites for hydroxylation is 2. The van der Waals surface area contributed by atoms with Gasteiger partial charge in [-0.2, -0.15) is 0 Å². The van der Waals surface area contributed by atoms with Gasteiger partial charge in [-0.3, -0.25) is 0 Å². The maximum Gasteiger partial charge on any atom is 0.140 e. The molecular weight excluding hydrogens is 393 g/mol. The molecule has 0 aromatic heterocycles. The third-order valence-electron chi connectivity index (χ3n) is 4.81. The smallest absolute Gasteiger partial charge is 0.140 e. The van der Waals surface area contributed by atoms with Gasteiger partial charge in [0.2, 0.25) is 0 Å². The zero-order valence-corrected chi connectivity index (χ0v) is 17.7. The van der Waals surface area contributed by atoms with E-state index in [1.54, 1.807) is 36.4 Å². The summed E-state index contributed by atoms with van der Waals surface area (Å²) < 4.78 is 42.5. The van der Waals surface area contributed by atoms with Crippen LogP contribution in [0.5, 0.6) is 0 Å². The summed E-state index contributed by atoms with van der Waals surface area (Å²) >= 11 is 0. The fourth-order valence-corrected chi connectivity index (χ4v) is 3.17. The van der Waals surface area contributed by atoms with Crippen molar-refractivity contribution < 1.29 is 13.2 Å². The third-order valence-corrected chi connectivity index (χ3v) is 4.81. The SMILES string of the molecule is CCCc1ccc(C#Cc2ccc(C#Cc3ccc(CCC)c(F)c3)c(F)c2)cc1F. The molecule has 3 aromatic rings. The Morgan fingerprint density at radius 1 is 0.548 bits per heavy atom. The van der Waals surface area contributed by atoms with Gasteiger partial charge in [-0.15, -0.1) is 0 Å². The van der Waals surface area contributed by atoms with Crippen molar-refractivity contribution in [3.63, 3.8) is 0 Å². The number of halogens is 3. The monoisotopic (exact) mass is 416 g/mol. The minimum absolute atomic E-state index is 0.207. The first-order valence-electron chi connectivity index (χ1n) is 10.4. The van der Waals surface area contributed by atoms with Crippen molar-refractivity contribution in [1.29, 1.82) is 0 Å². The highest BCUT2D eigenvalue weighted by Gasteiger charge is 2.04. The Morgan fingerprint density at radius 3 is 1.39 bits per heavy atom. The van der Waals surface area contributed by atoms with E-state index in [-0.39, 0.29) is 17.2 Å². The van der Waals surface area contributed by atoms with Gasteiger partial charge in [0.1, 0.15) is 17.5 Å². The second-order valence-corrected chi connectivity index (χ2v) is 7.31. The molecule has 3 rings (SSSR count). The van der Waals surface area contributed by atoms with Crippen molar-refractivity contribution in [3.8, 4) is 23.7 Å². The van der Waals surface area contributed by atoms with Crippen LogP contribution in [0.2, 0.25) is 0 Å². The first-order valence-corrected chi connectivity index (χ1v) is 10.4. The summed E-state index contributed by atoms with van der Waals surface area (Å²) in [7, 11) is 0. The molecule has 0 fully saturated rings. The molecule has 0 aliphatic rings. The van der Waals surface area contributed by atoms with Gasteiger partial charge < -0.3 is 0 Å². The highest BCUT2D eigenvalue weighted by molar-refractivity contribution is 5.49. The molecule has 0 aliphatic heterocycles. The summed E-state index contributed by atoms with van der Waals surface area (Å²) in [4.78, 5) is 0. The van der Waals surface area contributed by atoms with Gasteiger partial charge in [-0.25, -0.2) is 13.2 Å². The standard InChI is InChI=1S/C28H23F3/c1-3-5-23-13-9-20(17-26(23)29)7-8-21-11-15-25(28(31)18-21)16-12-22-10-14-24(6-4-2)27(30)19-22/h9-11,13-15,17-19H,3-6H2,1-2H3. The Bertz CT molecular complexity index is 1200. The Morgan fingerprint density at radius 2 is 0.968 bits per heavy atom. The van der Waals surface area contributed by atoms with Crippen LogP contribution >= 0.6 is 0 Å². The molecule has 0 N–H and O–H groups in total. The van der Waals surface area contributed by atoms with Crippen LogP contribution in [0.1, 0.15) is 60.1 Å². The minimum Gasteiger partial charge on any atom is -0.207 e. The average molecular weight is 416 g/mol. The molecule has 0 nitrogen and oxygen atoms in total. The zero-order chi connectivity index (χ0) is 22.2. The highest BCUT2D eigenvalue weighted by Crippen LogP contribution is 2.14. The largest absolute Gasteiger partial charge is 0.207 e. The Hall–Kier alpha value is -3.43. The molecule has 0 spiro atoms. The van der Waals surface area contributed by atoms with Crippen LogP contribution < -0.4 is 0 Å². The van der Waals surface area contributed by atoms with Crippen molar-refractivity contribution >= 4 is 0 Å². The van der Waals surface area contributed by atoms with Gasteiger partial charge in [0, 0.05) is 16.7 Å². The van der Waals surface area contributed by atoms with Crippen LogP contribution in [0.4, 0.5) is 13.2 Å². The van der Waals surface area contributed by atoms with E-state index in [0.29, 0.717) is 40.7 Å².